The number of rotatable bonds is 3. The molecule has 0 bridgehead atoms. The van der Waals surface area contributed by atoms with Gasteiger partial charge in [0.2, 0.25) is 0 Å². The molecule has 0 fully saturated rings. The van der Waals surface area contributed by atoms with E-state index in [-0.39, 0.29) is 0 Å². The van der Waals surface area contributed by atoms with Crippen LogP contribution in [-0.2, 0) is 0 Å². The van der Waals surface area contributed by atoms with Gasteiger partial charge in [0.15, 0.2) is 11.3 Å². The molecule has 0 amide bonds. The van der Waals surface area contributed by atoms with Gasteiger partial charge in [0, 0.05) is 22.6 Å². The molecular weight excluding hydrogens is 589 g/mol. The van der Waals surface area contributed by atoms with E-state index in [0.29, 0.717) is 6.04 Å². The van der Waals surface area contributed by atoms with Gasteiger partial charge in [-0.25, -0.2) is 19.9 Å². The number of allylic oxidation sites excluding steroid dienone is 2. The van der Waals surface area contributed by atoms with Crippen molar-refractivity contribution in [1.29, 1.82) is 0 Å². The smallest absolute Gasteiger partial charge is 0.168 e. The quantitative estimate of drug-likeness (QED) is 0.197. The first kappa shape index (κ1) is 27.0. The number of anilines is 2. The molecule has 1 atom stereocenters. The number of hydrogen-bond donors (Lipinski definition) is 0. The minimum atomic E-state index is 0.324. The number of benzene rings is 5. The third-order valence-corrected chi connectivity index (χ3v) is 9.92. The highest BCUT2D eigenvalue weighted by atomic mass is 15.2. The Labute approximate surface area is 277 Å². The van der Waals surface area contributed by atoms with Crippen LogP contribution < -0.4 is 4.90 Å². The van der Waals surface area contributed by atoms with E-state index in [1.54, 1.807) is 0 Å². The normalized spacial score (nSPS) is 15.4. The lowest BCUT2D eigenvalue weighted by atomic mass is 9.94. The molecule has 8 aromatic rings. The molecule has 48 heavy (non-hydrogen) atoms. The molecule has 0 radical (unpaired) electrons. The summed E-state index contributed by atoms with van der Waals surface area (Å²) in [4.78, 5) is 22.8. The number of nitrogens with zero attached hydrogens (tertiary/aromatic N) is 6. The van der Waals surface area contributed by atoms with Gasteiger partial charge in [-0.15, -0.1) is 0 Å². The van der Waals surface area contributed by atoms with Crippen molar-refractivity contribution in [3.8, 4) is 16.8 Å². The second kappa shape index (κ2) is 10.2. The summed E-state index contributed by atoms with van der Waals surface area (Å²) in [5.41, 5.74) is 17.5. The average Bonchev–Trinajstić information content (AvgIpc) is 3.61. The zero-order valence-corrected chi connectivity index (χ0v) is 26.6. The Bertz CT molecular complexity index is 2610. The van der Waals surface area contributed by atoms with Gasteiger partial charge in [0.05, 0.1) is 28.1 Å². The van der Waals surface area contributed by atoms with Crippen LogP contribution in [0.25, 0.3) is 66.8 Å². The van der Waals surface area contributed by atoms with Gasteiger partial charge in [-0.05, 0) is 103 Å². The van der Waals surface area contributed by atoms with Gasteiger partial charge >= 0.3 is 0 Å². The van der Waals surface area contributed by atoms with Crippen LogP contribution in [0, 0.1) is 13.8 Å². The summed E-state index contributed by atoms with van der Waals surface area (Å²) in [6.07, 6.45) is 7.75. The molecule has 5 aromatic carbocycles. The maximum Gasteiger partial charge on any atom is 0.168 e. The Hall–Kier alpha value is -6.14. The lowest BCUT2D eigenvalue weighted by Gasteiger charge is -2.29. The maximum absolute atomic E-state index is 5.11. The molecule has 6 heteroatoms. The average molecular weight is 619 g/mol. The van der Waals surface area contributed by atoms with Crippen LogP contribution in [0.2, 0.25) is 0 Å². The van der Waals surface area contributed by atoms with Gasteiger partial charge < -0.3 is 4.90 Å². The van der Waals surface area contributed by atoms with Crippen LogP contribution in [0.4, 0.5) is 11.4 Å². The first-order valence-electron chi connectivity index (χ1n) is 16.4. The number of para-hydroxylation sites is 5. The molecular formula is C42H30N6. The molecule has 10 rings (SSSR count). The number of aryl methyl sites for hydroxylation is 2. The van der Waals surface area contributed by atoms with Gasteiger partial charge in [-0.1, -0.05) is 72.8 Å². The van der Waals surface area contributed by atoms with Crippen LogP contribution in [0.1, 0.15) is 23.1 Å². The molecule has 6 nitrogen and oxygen atoms in total. The molecule has 3 aromatic heterocycles. The monoisotopic (exact) mass is 618 g/mol. The lowest BCUT2D eigenvalue weighted by Crippen LogP contribution is -2.27. The molecule has 0 N–H and O–H groups in total. The Morgan fingerprint density at radius 1 is 0.562 bits per heavy atom. The predicted molar refractivity (Wildman–Crippen MR) is 196 cm³/mol. The van der Waals surface area contributed by atoms with E-state index >= 15 is 0 Å². The number of aromatic nitrogens is 5. The molecule has 0 saturated heterocycles. The summed E-state index contributed by atoms with van der Waals surface area (Å²) >= 11 is 0. The highest BCUT2D eigenvalue weighted by molar-refractivity contribution is 6.06. The predicted octanol–water partition coefficient (Wildman–Crippen LogP) is 9.82. The fraction of sp³-hybridized carbons (Fsp3) is 0.0952. The first-order chi connectivity index (χ1) is 23.6. The molecule has 0 saturated carbocycles. The van der Waals surface area contributed by atoms with Crippen molar-refractivity contribution >= 4 is 61.3 Å². The minimum absolute atomic E-state index is 0.324. The van der Waals surface area contributed by atoms with Crippen molar-refractivity contribution in [2.45, 2.75) is 26.3 Å². The molecule has 1 aliphatic carbocycles. The molecule has 4 heterocycles. The molecule has 1 unspecified atom stereocenters. The largest absolute Gasteiger partial charge is 0.333 e. The summed E-state index contributed by atoms with van der Waals surface area (Å²) in [5, 5.41) is 0. The summed E-state index contributed by atoms with van der Waals surface area (Å²) in [7, 11) is 0. The fourth-order valence-electron chi connectivity index (χ4n) is 7.69. The van der Waals surface area contributed by atoms with Crippen molar-refractivity contribution in [3.05, 3.63) is 144 Å². The Balaban J connectivity index is 1.10. The van der Waals surface area contributed by atoms with Crippen molar-refractivity contribution in [3.63, 3.8) is 0 Å². The second-order valence-corrected chi connectivity index (χ2v) is 12.8. The summed E-state index contributed by atoms with van der Waals surface area (Å²) in [5.74, 6) is 0. The summed E-state index contributed by atoms with van der Waals surface area (Å²) in [6, 6.07) is 38.6. The van der Waals surface area contributed by atoms with Gasteiger partial charge in [0.25, 0.3) is 0 Å². The van der Waals surface area contributed by atoms with E-state index < -0.39 is 0 Å². The van der Waals surface area contributed by atoms with Gasteiger partial charge in [0.1, 0.15) is 11.0 Å². The van der Waals surface area contributed by atoms with Crippen molar-refractivity contribution < 1.29 is 0 Å². The van der Waals surface area contributed by atoms with Crippen molar-refractivity contribution in [2.24, 2.45) is 0 Å². The highest BCUT2D eigenvalue weighted by Gasteiger charge is 2.34. The Morgan fingerprint density at radius 3 is 1.73 bits per heavy atom. The third-order valence-electron chi connectivity index (χ3n) is 9.92. The highest BCUT2D eigenvalue weighted by Crippen LogP contribution is 2.48. The molecule has 1 aliphatic heterocycles. The number of fused-ring (bicyclic) bond motifs is 8. The topological polar surface area (TPSA) is 59.7 Å². The zero-order valence-electron chi connectivity index (χ0n) is 26.6. The van der Waals surface area contributed by atoms with Crippen molar-refractivity contribution in [2.75, 3.05) is 4.90 Å². The van der Waals surface area contributed by atoms with Crippen LogP contribution in [0.5, 0.6) is 0 Å². The van der Waals surface area contributed by atoms with E-state index in [1.165, 1.54) is 44.8 Å². The number of hydrogen-bond acceptors (Lipinski definition) is 5. The summed E-state index contributed by atoms with van der Waals surface area (Å²) < 4.78 is 2.12. The van der Waals surface area contributed by atoms with Gasteiger partial charge in [-0.3, -0.25) is 4.57 Å². The van der Waals surface area contributed by atoms with E-state index in [9.17, 15) is 0 Å². The fourth-order valence-corrected chi connectivity index (χ4v) is 7.69. The third kappa shape index (κ3) is 3.92. The van der Waals surface area contributed by atoms with E-state index in [2.05, 4.69) is 102 Å². The molecule has 228 valence electrons. The molecule has 0 spiro atoms. The zero-order chi connectivity index (χ0) is 31.9. The lowest BCUT2D eigenvalue weighted by molar-refractivity contribution is 0.829. The maximum atomic E-state index is 5.11. The van der Waals surface area contributed by atoms with E-state index in [4.69, 9.17) is 19.9 Å². The van der Waals surface area contributed by atoms with Crippen LogP contribution in [0.15, 0.2) is 127 Å². The van der Waals surface area contributed by atoms with E-state index in [0.717, 1.165) is 56.5 Å². The van der Waals surface area contributed by atoms with Crippen LogP contribution in [0.3, 0.4) is 0 Å². The molecule has 2 aliphatic rings. The summed E-state index contributed by atoms with van der Waals surface area (Å²) in [6.45, 7) is 4.41. The Morgan fingerprint density at radius 2 is 1.10 bits per heavy atom. The second-order valence-electron chi connectivity index (χ2n) is 12.8. The Kier molecular flexibility index (Phi) is 5.73. The van der Waals surface area contributed by atoms with Crippen LogP contribution >= 0.6 is 0 Å². The van der Waals surface area contributed by atoms with Crippen molar-refractivity contribution in [1.82, 2.24) is 24.5 Å². The minimum Gasteiger partial charge on any atom is -0.333 e. The van der Waals surface area contributed by atoms with Crippen LogP contribution in [-0.4, -0.2) is 30.5 Å². The standard InChI is InChI=1S/C42H30N6/c1-25-23-27(47-37-17-9-3-11-31(37)32-12-4-10-18-38(32)47)19-21-29(25)30-22-20-28(24-26(30)2)48-41-39(43-33-13-5-7-15-35(33)45-41)40-42(48)46-36-16-8-6-14-34(36)44-40/h3-17,19-24,38H,18H2,1-2H3. The SMILES string of the molecule is Cc1cc(N2c3ccccc3C3=CC=CCC32)ccc1-c1ccc(-n2c3nc4ccccc4nc3c3nc4ccccc4nc32)cc1C. The van der Waals surface area contributed by atoms with Gasteiger partial charge in [-0.2, -0.15) is 0 Å². The first-order valence-corrected chi connectivity index (χ1v) is 16.4. The van der Waals surface area contributed by atoms with E-state index in [1.807, 2.05) is 48.5 Å².